The van der Waals surface area contributed by atoms with Crippen LogP contribution in [0.25, 0.3) is 11.2 Å². The van der Waals surface area contributed by atoms with Gasteiger partial charge in [0.25, 0.3) is 5.56 Å². The fourth-order valence-electron chi connectivity index (χ4n) is 3.49. The lowest BCUT2D eigenvalue weighted by Gasteiger charge is -2.19. The van der Waals surface area contributed by atoms with Gasteiger partial charge in [0.1, 0.15) is 24.4 Å². The predicted molar refractivity (Wildman–Crippen MR) is 86.8 cm³/mol. The number of aromatic nitrogens is 4. The van der Waals surface area contributed by atoms with Gasteiger partial charge < -0.3 is 25.1 Å². The van der Waals surface area contributed by atoms with Gasteiger partial charge >= 0.3 is 0 Å². The van der Waals surface area contributed by atoms with Crippen molar-refractivity contribution in [3.8, 4) is 0 Å². The average molecular weight is 351 g/mol. The van der Waals surface area contributed by atoms with E-state index in [0.717, 1.165) is 0 Å². The van der Waals surface area contributed by atoms with E-state index in [9.17, 15) is 9.90 Å². The highest BCUT2D eigenvalue weighted by Gasteiger charge is 2.57. The molecule has 0 amide bonds. The van der Waals surface area contributed by atoms with E-state index in [2.05, 4.69) is 28.8 Å². The van der Waals surface area contributed by atoms with Gasteiger partial charge in [-0.3, -0.25) is 14.3 Å². The van der Waals surface area contributed by atoms with E-state index >= 15 is 0 Å². The van der Waals surface area contributed by atoms with Crippen molar-refractivity contribution >= 4 is 17.1 Å². The molecule has 25 heavy (non-hydrogen) atoms. The molecular formula is C15H21N5O5. The first kappa shape index (κ1) is 16.5. The summed E-state index contributed by atoms with van der Waals surface area (Å²) in [4.78, 5) is 22.6. The fraction of sp³-hybridized carbons (Fsp3) is 0.667. The highest BCUT2D eigenvalue weighted by molar-refractivity contribution is 5.70. The summed E-state index contributed by atoms with van der Waals surface area (Å²) in [6.45, 7) is 4.11. The number of hydrogen-bond donors (Lipinski definition) is 3. The molecule has 2 saturated heterocycles. The highest BCUT2D eigenvalue weighted by Crippen LogP contribution is 2.42. The lowest BCUT2D eigenvalue weighted by molar-refractivity contribution is -0.0531. The highest BCUT2D eigenvalue weighted by atomic mass is 16.6. The molecule has 0 saturated carbocycles. The molecule has 10 nitrogen and oxygen atoms in total. The number of ether oxygens (including phenoxy) is 3. The van der Waals surface area contributed by atoms with Crippen LogP contribution in [0.4, 0.5) is 5.95 Å². The Morgan fingerprint density at radius 3 is 2.80 bits per heavy atom. The van der Waals surface area contributed by atoms with Crippen LogP contribution in [0.15, 0.2) is 11.1 Å². The number of nitrogen functional groups attached to an aromatic ring is 1. The molecular weight excluding hydrogens is 330 g/mol. The summed E-state index contributed by atoms with van der Waals surface area (Å²) in [6, 6.07) is 0. The van der Waals surface area contributed by atoms with Crippen LogP contribution in [-0.2, 0) is 14.2 Å². The van der Waals surface area contributed by atoms with E-state index in [1.807, 2.05) is 0 Å². The maximum absolute atomic E-state index is 12.0. The summed E-state index contributed by atoms with van der Waals surface area (Å²) < 4.78 is 18.7. The van der Waals surface area contributed by atoms with Gasteiger partial charge in [0.15, 0.2) is 17.4 Å². The molecule has 136 valence electrons. The second kappa shape index (κ2) is 5.77. The van der Waals surface area contributed by atoms with E-state index in [1.165, 1.54) is 13.4 Å². The Labute approximate surface area is 142 Å². The number of anilines is 1. The number of aliphatic hydroxyl groups excluding tert-OH is 1. The van der Waals surface area contributed by atoms with Crippen molar-refractivity contribution < 1.29 is 19.3 Å². The maximum Gasteiger partial charge on any atom is 0.280 e. The van der Waals surface area contributed by atoms with Crippen LogP contribution in [0, 0.1) is 5.92 Å². The molecule has 0 aromatic carbocycles. The van der Waals surface area contributed by atoms with Crippen molar-refractivity contribution in [2.45, 2.75) is 50.6 Å². The van der Waals surface area contributed by atoms with Gasteiger partial charge in [-0.05, 0) is 5.92 Å². The van der Waals surface area contributed by atoms with Crippen LogP contribution < -0.4 is 11.3 Å². The van der Waals surface area contributed by atoms with Gasteiger partial charge in [-0.15, -0.1) is 0 Å². The summed E-state index contributed by atoms with van der Waals surface area (Å²) in [5, 5.41) is 10.6. The molecule has 0 aliphatic carbocycles. The predicted octanol–water partition coefficient (Wildman–Crippen LogP) is -0.601. The Kier molecular flexibility index (Phi) is 3.80. The smallest absolute Gasteiger partial charge is 0.280 e. The van der Waals surface area contributed by atoms with Crippen LogP contribution in [0.2, 0.25) is 0 Å². The first-order valence-corrected chi connectivity index (χ1v) is 8.16. The number of nitrogens with zero attached hydrogens (tertiary/aromatic N) is 3. The Balaban J connectivity index is 1.69. The van der Waals surface area contributed by atoms with E-state index in [0.29, 0.717) is 5.92 Å². The number of H-pyrrole nitrogens is 1. The number of methoxy groups -OCH3 is 1. The molecule has 0 spiro atoms. The second-order valence-corrected chi connectivity index (χ2v) is 6.77. The molecule has 2 aromatic rings. The van der Waals surface area contributed by atoms with Gasteiger partial charge in [0.2, 0.25) is 5.95 Å². The number of rotatable bonds is 4. The van der Waals surface area contributed by atoms with Crippen molar-refractivity contribution in [3.63, 3.8) is 0 Å². The van der Waals surface area contributed by atoms with Gasteiger partial charge in [0, 0.05) is 7.11 Å². The van der Waals surface area contributed by atoms with Gasteiger partial charge in [-0.2, -0.15) is 4.98 Å². The number of nitrogens with two attached hydrogens (primary N) is 1. The molecule has 0 radical (unpaired) electrons. The van der Waals surface area contributed by atoms with Crippen LogP contribution in [0.5, 0.6) is 0 Å². The topological polar surface area (TPSA) is 141 Å². The Morgan fingerprint density at radius 2 is 2.16 bits per heavy atom. The molecule has 4 heterocycles. The largest absolute Gasteiger partial charge is 0.387 e. The van der Waals surface area contributed by atoms with Crippen molar-refractivity contribution in [2.75, 3.05) is 12.8 Å². The van der Waals surface area contributed by atoms with Crippen LogP contribution in [0.3, 0.4) is 0 Å². The third kappa shape index (κ3) is 2.53. The summed E-state index contributed by atoms with van der Waals surface area (Å²) in [5.41, 5.74) is 5.62. The zero-order valence-corrected chi connectivity index (χ0v) is 14.1. The molecule has 6 atom stereocenters. The quantitative estimate of drug-likeness (QED) is 0.620. The number of epoxide rings is 1. The minimum atomic E-state index is -0.874. The second-order valence-electron chi connectivity index (χ2n) is 6.77. The van der Waals surface area contributed by atoms with Crippen LogP contribution >= 0.6 is 0 Å². The SMILES string of the molecule is CO[C@@H]1[C@H](O)[C@@H](C2OC2C(C)C)O[C@H]1n1cnc2c(=O)[nH]c(N)nc21. The lowest BCUT2D eigenvalue weighted by Crippen LogP contribution is -2.36. The number of aromatic amines is 1. The van der Waals surface area contributed by atoms with Crippen molar-refractivity contribution in [1.82, 2.24) is 19.5 Å². The zero-order valence-electron chi connectivity index (χ0n) is 14.1. The van der Waals surface area contributed by atoms with E-state index < -0.39 is 30.1 Å². The first-order chi connectivity index (χ1) is 11.9. The number of nitrogens with one attached hydrogen (secondary N) is 1. The molecule has 10 heteroatoms. The average Bonchev–Trinajstić information content (AvgIpc) is 3.13. The first-order valence-electron chi connectivity index (χ1n) is 8.16. The molecule has 4 rings (SSSR count). The molecule has 4 N–H and O–H groups in total. The maximum atomic E-state index is 12.0. The summed E-state index contributed by atoms with van der Waals surface area (Å²) in [7, 11) is 1.49. The monoisotopic (exact) mass is 351 g/mol. The third-order valence-electron chi connectivity index (χ3n) is 4.79. The summed E-state index contributed by atoms with van der Waals surface area (Å²) >= 11 is 0. The van der Waals surface area contributed by atoms with Crippen molar-refractivity contribution in [1.29, 1.82) is 0 Å². The number of hydrogen-bond acceptors (Lipinski definition) is 8. The summed E-state index contributed by atoms with van der Waals surface area (Å²) in [5.74, 6) is 0.309. The minimum absolute atomic E-state index is 0.0197. The van der Waals surface area contributed by atoms with Crippen molar-refractivity contribution in [3.05, 3.63) is 16.7 Å². The standard InChI is InChI=1S/C15H21N5O5/c1-5(2)8-11(24-8)9-7(21)10(23-3)14(25-9)20-4-17-6-12(20)18-15(16)19-13(6)22/h4-5,7-11,14,21H,1-3H3,(H3,16,18,19,22)/t7-,8?,9+,10-,11?,14-/m1/s1. The number of fused-ring (bicyclic) bond motifs is 1. The zero-order chi connectivity index (χ0) is 17.9. The Morgan fingerprint density at radius 1 is 1.40 bits per heavy atom. The molecule has 2 fully saturated rings. The fourth-order valence-corrected chi connectivity index (χ4v) is 3.49. The molecule has 2 aromatic heterocycles. The lowest BCUT2D eigenvalue weighted by atomic mass is 10.0. The van der Waals surface area contributed by atoms with Crippen LogP contribution in [0.1, 0.15) is 20.1 Å². The molecule has 2 aliphatic rings. The number of imidazole rings is 1. The van der Waals surface area contributed by atoms with Crippen molar-refractivity contribution in [2.24, 2.45) is 5.92 Å². The molecule has 2 aliphatic heterocycles. The molecule has 2 unspecified atom stereocenters. The normalized spacial score (nSPS) is 34.9. The van der Waals surface area contributed by atoms with Crippen LogP contribution in [-0.4, -0.2) is 62.3 Å². The Hall–Kier alpha value is -2.01. The van der Waals surface area contributed by atoms with E-state index in [1.54, 1.807) is 4.57 Å². The van der Waals surface area contributed by atoms with E-state index in [-0.39, 0.29) is 29.3 Å². The van der Waals surface area contributed by atoms with E-state index in [4.69, 9.17) is 19.9 Å². The third-order valence-corrected chi connectivity index (χ3v) is 4.79. The summed E-state index contributed by atoms with van der Waals surface area (Å²) in [6.07, 6.45) is -1.45. The van der Waals surface area contributed by atoms with Gasteiger partial charge in [0.05, 0.1) is 12.4 Å². The Bertz CT molecular complexity index is 848. The molecule has 0 bridgehead atoms. The van der Waals surface area contributed by atoms with Gasteiger partial charge in [-0.1, -0.05) is 13.8 Å². The van der Waals surface area contributed by atoms with Gasteiger partial charge in [-0.25, -0.2) is 4.98 Å². The minimum Gasteiger partial charge on any atom is -0.387 e. The number of aliphatic hydroxyl groups is 1.